The molecule has 0 N–H and O–H groups in total. The zero-order chi connectivity index (χ0) is 103. The molecule has 14 rings (SSSR count). The minimum atomic E-state index is -5.00. The van der Waals surface area contributed by atoms with Gasteiger partial charge in [-0.05, 0) is 161 Å². The maximum absolute atomic E-state index is 10.8. The predicted octanol–water partition coefficient (Wildman–Crippen LogP) is 20.6. The summed E-state index contributed by atoms with van der Waals surface area (Å²) in [5.74, 6) is -0.632. The van der Waals surface area contributed by atoms with E-state index in [0.717, 1.165) is 51.7 Å². The number of ether oxygens (including phenoxy) is 1. The van der Waals surface area contributed by atoms with Gasteiger partial charge < -0.3 is 13.9 Å². The van der Waals surface area contributed by atoms with E-state index in [1.807, 2.05) is 0 Å². The first-order valence-corrected chi connectivity index (χ1v) is 26.4. The van der Waals surface area contributed by atoms with E-state index in [-0.39, 0.29) is 66.3 Å². The smallest absolute Gasteiger partial charge is 0.268 e. The fourth-order valence-corrected chi connectivity index (χ4v) is 10.6. The molecular formula is C81H76N4OPt-2. The second-order valence-electron chi connectivity index (χ2n) is 21.7. The van der Waals surface area contributed by atoms with Crippen molar-refractivity contribution in [2.75, 3.05) is 0 Å². The predicted molar refractivity (Wildman–Crippen MR) is 356 cm³/mol. The molecule has 0 bridgehead atoms. The van der Waals surface area contributed by atoms with Crippen molar-refractivity contribution in [3.05, 3.63) is 246 Å². The Balaban J connectivity index is 0.0000161. The molecule has 0 unspecified atom stereocenters. The average Bonchev–Trinajstić information content (AvgIpc) is 0.643. The topological polar surface area (TPSA) is 35.9 Å². The molecule has 3 aromatic heterocycles. The minimum Gasteiger partial charge on any atom is -0.510 e. The normalized spacial score (nSPS) is 27.8. The van der Waals surface area contributed by atoms with E-state index >= 15 is 0 Å². The summed E-state index contributed by atoms with van der Waals surface area (Å²) in [5, 5.41) is 0.930. The van der Waals surface area contributed by atoms with Crippen molar-refractivity contribution in [1.29, 1.82) is 0 Å². The molecule has 87 heavy (non-hydrogen) atoms. The van der Waals surface area contributed by atoms with Crippen LogP contribution >= 0.6 is 0 Å². The van der Waals surface area contributed by atoms with Gasteiger partial charge in [0, 0.05) is 97.8 Å². The molecule has 3 heterocycles. The number of benzene rings is 9. The monoisotopic (exact) mass is 1370 g/mol. The molecule has 5 nitrogen and oxygen atoms in total. The Kier molecular flexibility index (Phi) is 5.83. The SMILES string of the molecule is [2H]c1c([2H])c([2H])c(-c2ccc3c(c2)n(-c2[c-]c(Oc4[c-]c5c(cc4)c4ccccc4n5-c4cc(C([2H])([2H])[2H])c(-c5c([2H])c([2H])c([2H])c([2H])c5[2H])cn4)ccc2)[c-][n+]3-c2c(-c3c([2H])c([2H])c4c(c3[2H])C(C([2H])([2H])[2H])(C([2H])([2H])[2H])C([2H])([2H])C([2H])([2H])C4(C([2H])([2H])[2H])C([2H])([2H])[2H])cc(C(C)(C)C)cc2-c2c([2H])c([2H])c3c(c2[2H])C(C([2H])([2H])[2H])(C([2H])([2H])[2H])C([2H])([2H])C([2H])([2H])C3(C([2H])([2H])[2H])C([2H])([2H])[2H])c([2H])c1[2H].[Pt]. The second kappa shape index (κ2) is 21.3. The number of imidazole rings is 1. The van der Waals surface area contributed by atoms with E-state index in [1.165, 1.54) is 49.6 Å². The van der Waals surface area contributed by atoms with Crippen LogP contribution in [-0.4, -0.2) is 14.1 Å². The number of nitrogens with zero attached hydrogens (tertiary/aromatic N) is 4. The summed E-state index contributed by atoms with van der Waals surface area (Å²) < 4.78 is 484. The van der Waals surface area contributed by atoms with Crippen LogP contribution in [0.3, 0.4) is 0 Å². The maximum atomic E-state index is 10.8. The van der Waals surface area contributed by atoms with Crippen LogP contribution < -0.4 is 9.30 Å². The summed E-state index contributed by atoms with van der Waals surface area (Å²) in [5.41, 5.74) is -38.8. The van der Waals surface area contributed by atoms with Crippen molar-refractivity contribution in [3.63, 3.8) is 0 Å². The first-order valence-electron chi connectivity index (χ1n) is 51.9. The number of rotatable bonds is 9. The van der Waals surface area contributed by atoms with Crippen LogP contribution in [0.4, 0.5) is 0 Å². The number of hydrogen-bond acceptors (Lipinski definition) is 2. The molecule has 9 aromatic carbocycles. The Labute approximate surface area is 600 Å². The number of aromatic nitrogens is 4. The number of pyridine rings is 1. The summed E-state index contributed by atoms with van der Waals surface area (Å²) in [7, 11) is 0. The standard InChI is InChI=1S/C81H76N4O.Pt/c1-52-42-75(82-50-66(52)54-24-17-14-18-25-54)85-71-29-20-19-28-62(71)63-34-33-61(49-73(63)85)86-60-27-21-26-59(48-60)83-51-84(72-37-32-55(45-74(72)83)53-22-15-13-16-23-53)76-64(56-30-35-67-69(43-56)80(9,10)40-38-78(67,5)6)46-58(77(2,3)4)47-65(76)57-31-36-68-70(44-57)81(11,12)41-39-79(68,7)8;/h13-37,42-47,50H,38-41H2,1-12H3;/q-2;/i1D3,5D3,6D3,7D3,8D3,9D3,10D3,11D3,12D3,13D,14D,15D,16D,17D,18D,22D,23D,24D,25D,30D,31D,35D,36D,38D2,39D2,40D2,41D2,43D,44D;. The van der Waals surface area contributed by atoms with Gasteiger partial charge in [-0.3, -0.25) is 4.57 Å². The van der Waals surface area contributed by atoms with E-state index in [1.54, 1.807) is 30.3 Å². The van der Waals surface area contributed by atoms with Crippen LogP contribution in [0.15, 0.2) is 194 Å². The van der Waals surface area contributed by atoms with Crippen molar-refractivity contribution in [1.82, 2.24) is 14.1 Å². The molecule has 0 saturated heterocycles. The third kappa shape index (κ3) is 10.2. The van der Waals surface area contributed by atoms with Gasteiger partial charge in [0.2, 0.25) is 0 Å². The van der Waals surface area contributed by atoms with Gasteiger partial charge in [-0.25, -0.2) is 4.98 Å². The molecular weight excluding hydrogens is 1240 g/mol. The van der Waals surface area contributed by atoms with E-state index in [2.05, 4.69) is 23.4 Å². The van der Waals surface area contributed by atoms with Crippen LogP contribution in [0.5, 0.6) is 11.5 Å². The van der Waals surface area contributed by atoms with Crippen molar-refractivity contribution in [2.45, 2.75) is 135 Å². The number of hydrogen-bond donors (Lipinski definition) is 0. The van der Waals surface area contributed by atoms with Gasteiger partial charge in [0.05, 0.1) is 38.7 Å². The molecule has 438 valence electrons. The van der Waals surface area contributed by atoms with Crippen LogP contribution in [0.25, 0.3) is 94.5 Å². The van der Waals surface area contributed by atoms with Crippen LogP contribution in [0, 0.1) is 25.3 Å². The summed E-state index contributed by atoms with van der Waals surface area (Å²) in [6.07, 6.45) is -15.8. The summed E-state index contributed by atoms with van der Waals surface area (Å²) in [4.78, 5) is 4.61. The van der Waals surface area contributed by atoms with Gasteiger partial charge in [0.1, 0.15) is 5.82 Å². The zero-order valence-electron chi connectivity index (χ0n) is 96.8. The molecule has 0 amide bonds. The molecule has 0 aliphatic heterocycles. The fraction of sp³-hybridized carbons (Fsp3) is 0.259. The Bertz CT molecular complexity index is 6820. The Morgan fingerprint density at radius 2 is 1.17 bits per heavy atom. The summed E-state index contributed by atoms with van der Waals surface area (Å²) in [6, 6.07) is 6.41. The third-order valence-corrected chi connectivity index (χ3v) is 14.8. The molecule has 6 heteroatoms. The molecule has 12 aromatic rings. The van der Waals surface area contributed by atoms with Gasteiger partial charge in [0.25, 0.3) is 6.33 Å². The van der Waals surface area contributed by atoms with E-state index in [0.29, 0.717) is 16.3 Å². The Morgan fingerprint density at radius 1 is 0.563 bits per heavy atom. The quantitative estimate of drug-likeness (QED) is 0.107. The van der Waals surface area contributed by atoms with Gasteiger partial charge in [-0.15, -0.1) is 29.7 Å². The number of aryl methyl sites for hydroxylation is 1. The van der Waals surface area contributed by atoms with Crippen LogP contribution in [-0.2, 0) is 48.1 Å². The van der Waals surface area contributed by atoms with Crippen molar-refractivity contribution in [3.8, 4) is 73.2 Å². The molecule has 0 fully saturated rings. The maximum Gasteiger partial charge on any atom is 0.268 e. The fourth-order valence-electron chi connectivity index (χ4n) is 10.6. The van der Waals surface area contributed by atoms with E-state index < -0.39 is 289 Å². The largest absolute Gasteiger partial charge is 0.510 e. The first kappa shape index (κ1) is 23.8. The number of fused-ring (bicyclic) bond motifs is 6. The van der Waals surface area contributed by atoms with Gasteiger partial charge in [-0.2, -0.15) is 18.2 Å². The molecule has 2 aliphatic carbocycles. The molecule has 0 radical (unpaired) electrons. The van der Waals surface area contributed by atoms with Crippen molar-refractivity contribution >= 4 is 32.8 Å². The van der Waals surface area contributed by atoms with Crippen molar-refractivity contribution in [2.24, 2.45) is 0 Å². The number of para-hydroxylation sites is 1. The molecule has 0 saturated carbocycles. The molecule has 0 atom stereocenters. The van der Waals surface area contributed by atoms with Gasteiger partial charge in [0.15, 0.2) is 0 Å². The minimum absolute atomic E-state index is 0. The third-order valence-electron chi connectivity index (χ3n) is 14.8. The van der Waals surface area contributed by atoms with Crippen LogP contribution in [0.2, 0.25) is 0 Å². The van der Waals surface area contributed by atoms with Crippen molar-refractivity contribution < 1.29 is 100 Å². The molecule has 0 spiro atoms. The second-order valence-corrected chi connectivity index (χ2v) is 21.7. The van der Waals surface area contributed by atoms with Crippen LogP contribution in [0.1, 0.15) is 204 Å². The van der Waals surface area contributed by atoms with Gasteiger partial charge in [-0.1, -0.05) is 220 Å². The Morgan fingerprint density at radius 3 is 1.79 bits per heavy atom. The average molecular weight is 1370 g/mol. The van der Waals surface area contributed by atoms with E-state index in [4.69, 9.17) is 36.3 Å². The first-order chi connectivity index (χ1) is 62.1. The molecule has 2 aliphatic rings. The van der Waals surface area contributed by atoms with Gasteiger partial charge >= 0.3 is 0 Å². The zero-order valence-corrected chi connectivity index (χ0v) is 48.0. The summed E-state index contributed by atoms with van der Waals surface area (Å²) >= 11 is 0. The summed E-state index contributed by atoms with van der Waals surface area (Å²) in [6.45, 7) is -36.5. The van der Waals surface area contributed by atoms with E-state index in [9.17, 15) is 38.4 Å². The Hall–Kier alpha value is -8.11.